The van der Waals surface area contributed by atoms with Crippen molar-refractivity contribution in [1.82, 2.24) is 0 Å². The van der Waals surface area contributed by atoms with E-state index in [4.69, 9.17) is 4.42 Å². The molecule has 0 fully saturated rings. The minimum atomic E-state index is -0.391. The third-order valence-electron chi connectivity index (χ3n) is 2.93. The average molecular weight is 291 g/mol. The highest BCUT2D eigenvalue weighted by atomic mass is 35.5. The molecule has 1 aromatic heterocycles. The van der Waals surface area contributed by atoms with Gasteiger partial charge in [0, 0.05) is 5.56 Å². The molecule has 0 bridgehead atoms. The van der Waals surface area contributed by atoms with Crippen molar-refractivity contribution in [3.63, 3.8) is 0 Å². The van der Waals surface area contributed by atoms with Crippen molar-refractivity contribution in [3.05, 3.63) is 54.0 Å². The number of phenols is 1. The lowest BCUT2D eigenvalue weighted by atomic mass is 10.1. The summed E-state index contributed by atoms with van der Waals surface area (Å²) in [6.07, 6.45) is 0. The minimum Gasteiger partial charge on any atom is -1.00 e. The number of rotatable bonds is 1. The second-order valence-electron chi connectivity index (χ2n) is 4.14. The number of benzene rings is 2. The minimum absolute atomic E-state index is 0. The van der Waals surface area contributed by atoms with Crippen LogP contribution in [0.1, 0.15) is 0 Å². The molecule has 3 N–H and O–H groups in total. The third-order valence-corrected chi connectivity index (χ3v) is 2.93. The monoisotopic (exact) mass is 290 g/mol. The Balaban J connectivity index is 0.00000147. The molecular weight excluding hydrogens is 280 g/mol. The van der Waals surface area contributed by atoms with Crippen LogP contribution in [-0.4, -0.2) is 15.0 Å². The second-order valence-corrected chi connectivity index (χ2v) is 4.14. The van der Waals surface area contributed by atoms with E-state index in [-0.39, 0.29) is 35.1 Å². The van der Waals surface area contributed by atoms with Gasteiger partial charge in [-0.05, 0) is 12.1 Å². The Morgan fingerprint density at radius 3 is 2.30 bits per heavy atom. The van der Waals surface area contributed by atoms with Gasteiger partial charge in [0.2, 0.25) is 0 Å². The number of hydrogen-bond acceptors (Lipinski definition) is 3. The lowest BCUT2D eigenvalue weighted by Gasteiger charge is -2.04. The van der Waals surface area contributed by atoms with E-state index in [1.54, 1.807) is 36.4 Å². The van der Waals surface area contributed by atoms with E-state index < -0.39 is 5.43 Å². The van der Waals surface area contributed by atoms with E-state index >= 15 is 0 Å². The number of fused-ring (bicyclic) bond motifs is 1. The Bertz CT molecular complexity index is 809. The normalized spacial score (nSPS) is 10.2. The van der Waals surface area contributed by atoms with E-state index in [1.807, 2.05) is 6.07 Å². The number of phenolic OH excluding ortho intramolecular Hbond substituents is 1. The first-order valence-electron chi connectivity index (χ1n) is 5.73. The third kappa shape index (κ3) is 2.10. The maximum Gasteiger partial charge on any atom is 0.399 e. The molecule has 0 atom stereocenters. The molecule has 0 spiro atoms. The average Bonchev–Trinajstić information content (AvgIpc) is 2.43. The molecule has 4 nitrogen and oxygen atoms in total. The summed E-state index contributed by atoms with van der Waals surface area (Å²) in [7, 11) is 0. The summed E-state index contributed by atoms with van der Waals surface area (Å²) in [6, 6.07) is 13.6. The van der Waals surface area contributed by atoms with E-state index in [1.165, 1.54) is 6.07 Å². The van der Waals surface area contributed by atoms with Gasteiger partial charge in [0.15, 0.2) is 11.1 Å². The molecule has 20 heavy (non-hydrogen) atoms. The van der Waals surface area contributed by atoms with Crippen molar-refractivity contribution in [1.29, 1.82) is 0 Å². The van der Waals surface area contributed by atoms with Gasteiger partial charge in [-0.25, -0.2) is 0 Å². The fraction of sp³-hybridized carbons (Fsp3) is 0. The molecule has 102 valence electrons. The van der Waals surface area contributed by atoms with Crippen LogP contribution >= 0.6 is 0 Å². The molecule has 0 amide bonds. The SMILES string of the molecule is Oc1c(-c2ccccc2)oc2cccc(O)c2c1=[OH+].[Cl-]. The van der Waals surface area contributed by atoms with Gasteiger partial charge in [0.05, 0.1) is 0 Å². The summed E-state index contributed by atoms with van der Waals surface area (Å²) >= 11 is 0. The Labute approximate surface area is 120 Å². The van der Waals surface area contributed by atoms with Crippen molar-refractivity contribution in [2.75, 3.05) is 0 Å². The largest absolute Gasteiger partial charge is 1.00 e. The van der Waals surface area contributed by atoms with Crippen LogP contribution < -0.4 is 17.8 Å². The molecule has 0 saturated carbocycles. The van der Waals surface area contributed by atoms with Crippen LogP contribution in [0.2, 0.25) is 0 Å². The molecule has 2 aromatic carbocycles. The first-order chi connectivity index (χ1) is 9.18. The molecule has 3 rings (SSSR count). The molecule has 0 radical (unpaired) electrons. The Hall–Kier alpha value is -2.46. The molecular formula is C15H11ClO4. The summed E-state index contributed by atoms with van der Waals surface area (Å²) in [5, 5.41) is 19.8. The predicted molar refractivity (Wildman–Crippen MR) is 70.1 cm³/mol. The highest BCUT2D eigenvalue weighted by Gasteiger charge is 2.21. The van der Waals surface area contributed by atoms with Crippen LogP contribution in [0.3, 0.4) is 0 Å². The molecule has 0 saturated heterocycles. The molecule has 0 aliphatic heterocycles. The van der Waals surface area contributed by atoms with E-state index in [0.717, 1.165) is 0 Å². The predicted octanol–water partition coefficient (Wildman–Crippen LogP) is -0.480. The van der Waals surface area contributed by atoms with Gasteiger partial charge >= 0.3 is 5.43 Å². The van der Waals surface area contributed by atoms with Crippen LogP contribution in [0.5, 0.6) is 11.5 Å². The fourth-order valence-corrected chi connectivity index (χ4v) is 2.01. The van der Waals surface area contributed by atoms with Crippen LogP contribution in [0.4, 0.5) is 0 Å². The summed E-state index contributed by atoms with van der Waals surface area (Å²) < 4.78 is 5.57. The fourth-order valence-electron chi connectivity index (χ4n) is 2.01. The summed E-state index contributed by atoms with van der Waals surface area (Å²) in [5.41, 5.74) is 0.549. The van der Waals surface area contributed by atoms with Gasteiger partial charge in [-0.2, -0.15) is 0 Å². The van der Waals surface area contributed by atoms with Crippen LogP contribution in [0.25, 0.3) is 22.3 Å². The van der Waals surface area contributed by atoms with E-state index in [9.17, 15) is 15.0 Å². The van der Waals surface area contributed by atoms with E-state index in [0.29, 0.717) is 11.1 Å². The first kappa shape index (κ1) is 14.0. The molecule has 0 aliphatic carbocycles. The topological polar surface area (TPSA) is 75.0 Å². The Morgan fingerprint density at radius 2 is 1.60 bits per heavy atom. The quantitative estimate of drug-likeness (QED) is 0.595. The Morgan fingerprint density at radius 1 is 0.900 bits per heavy atom. The van der Waals surface area contributed by atoms with Crippen molar-refractivity contribution in [3.8, 4) is 22.8 Å². The van der Waals surface area contributed by atoms with Crippen molar-refractivity contribution < 1.29 is 31.8 Å². The highest BCUT2D eigenvalue weighted by molar-refractivity contribution is 5.86. The van der Waals surface area contributed by atoms with Gasteiger partial charge in [-0.15, -0.1) is 0 Å². The van der Waals surface area contributed by atoms with Gasteiger partial charge < -0.3 is 27.0 Å². The maximum absolute atomic E-state index is 10.0. The van der Waals surface area contributed by atoms with Gasteiger partial charge in [-0.3, -0.25) is 4.79 Å². The first-order valence-corrected chi connectivity index (χ1v) is 5.73. The summed E-state index contributed by atoms with van der Waals surface area (Å²) in [4.78, 5) is 10.0. The molecule has 1 heterocycles. The van der Waals surface area contributed by atoms with Crippen LogP contribution in [0, 0.1) is 0 Å². The van der Waals surface area contributed by atoms with E-state index in [2.05, 4.69) is 0 Å². The molecule has 0 aliphatic rings. The Kier molecular flexibility index (Phi) is 3.68. The number of halogens is 1. The van der Waals surface area contributed by atoms with Crippen molar-refractivity contribution in [2.24, 2.45) is 0 Å². The molecule has 5 heteroatoms. The second kappa shape index (κ2) is 5.27. The van der Waals surface area contributed by atoms with Crippen LogP contribution in [-0.2, 0) is 0 Å². The van der Waals surface area contributed by atoms with Crippen molar-refractivity contribution in [2.45, 2.75) is 0 Å². The molecule has 0 unspecified atom stereocenters. The standard InChI is InChI=1S/C15H10O4.ClH/c16-10-7-4-8-11-12(10)13(17)14(18)15(19-11)9-5-2-1-3-6-9;/h1-8,16,18H;1H. The highest BCUT2D eigenvalue weighted by Crippen LogP contribution is 2.32. The zero-order valence-corrected chi connectivity index (χ0v) is 11.0. The van der Waals surface area contributed by atoms with Crippen LogP contribution in [0.15, 0.2) is 52.9 Å². The zero-order valence-electron chi connectivity index (χ0n) is 10.2. The lowest BCUT2D eigenvalue weighted by molar-refractivity contribution is -0.00000683. The van der Waals surface area contributed by atoms with Gasteiger partial charge in [-0.1, -0.05) is 36.4 Å². The summed E-state index contributed by atoms with van der Waals surface area (Å²) in [5.74, 6) is -0.370. The number of hydrogen-bond donors (Lipinski definition) is 2. The number of aromatic hydroxyl groups is 2. The summed E-state index contributed by atoms with van der Waals surface area (Å²) in [6.45, 7) is 0. The van der Waals surface area contributed by atoms with Gasteiger partial charge in [0.1, 0.15) is 11.3 Å². The lowest BCUT2D eigenvalue weighted by Crippen LogP contribution is -3.00. The zero-order chi connectivity index (χ0) is 13.4. The van der Waals surface area contributed by atoms with Gasteiger partial charge in [0.25, 0.3) is 5.75 Å². The van der Waals surface area contributed by atoms with Crippen molar-refractivity contribution >= 4 is 11.0 Å². The smallest absolute Gasteiger partial charge is 0.399 e. The maximum atomic E-state index is 10.0. The molecule has 3 aromatic rings.